The lowest BCUT2D eigenvalue weighted by Gasteiger charge is -2.22. The minimum absolute atomic E-state index is 0.0316. The van der Waals surface area contributed by atoms with Crippen LogP contribution in [0.25, 0.3) is 0 Å². The Morgan fingerprint density at radius 1 is 0.541 bits per heavy atom. The highest BCUT2D eigenvalue weighted by Gasteiger charge is 2.19. The zero-order valence-electron chi connectivity index (χ0n) is 25.3. The smallest absolute Gasteiger partial charge is 0.220 e. The zero-order chi connectivity index (χ0) is 27.2. The quantitative estimate of drug-likeness (QED) is 0.0818. The van der Waals surface area contributed by atoms with Crippen LogP contribution in [0, 0.1) is 0 Å². The maximum Gasteiger partial charge on any atom is 0.220 e. The van der Waals surface area contributed by atoms with Gasteiger partial charge in [-0.1, -0.05) is 168 Å². The molecule has 0 aliphatic rings. The number of rotatable bonds is 30. The van der Waals surface area contributed by atoms with Crippen LogP contribution >= 0.6 is 0 Å². The second-order valence-corrected chi connectivity index (χ2v) is 11.6. The van der Waals surface area contributed by atoms with E-state index in [1.807, 2.05) is 0 Å². The van der Waals surface area contributed by atoms with E-state index < -0.39 is 12.1 Å². The summed E-state index contributed by atoms with van der Waals surface area (Å²) in [5.74, 6) is -0.0316. The standard InChI is InChI=1S/C33H67NO3/c1-3-5-7-9-11-13-15-17-19-21-23-25-27-29-33(37)34-31(30-35)32(36)28-26-24-22-20-18-16-14-12-10-8-6-4-2/h31-32,35-36H,3-30H2,1-2H3,(H,34,37). The van der Waals surface area contributed by atoms with Gasteiger partial charge in [-0.25, -0.2) is 0 Å². The Bertz CT molecular complexity index is 457. The molecule has 2 unspecified atom stereocenters. The first-order valence-electron chi connectivity index (χ1n) is 16.7. The van der Waals surface area contributed by atoms with Gasteiger partial charge in [0, 0.05) is 6.42 Å². The van der Waals surface area contributed by atoms with Crippen molar-refractivity contribution in [3.8, 4) is 0 Å². The van der Waals surface area contributed by atoms with Crippen molar-refractivity contribution in [2.45, 2.75) is 199 Å². The molecule has 222 valence electrons. The fourth-order valence-corrected chi connectivity index (χ4v) is 5.24. The molecular formula is C33H67NO3. The van der Waals surface area contributed by atoms with Crippen molar-refractivity contribution in [2.75, 3.05) is 6.61 Å². The first-order valence-corrected chi connectivity index (χ1v) is 16.7. The van der Waals surface area contributed by atoms with E-state index in [1.54, 1.807) is 0 Å². The number of hydrogen-bond donors (Lipinski definition) is 3. The van der Waals surface area contributed by atoms with E-state index in [1.165, 1.54) is 135 Å². The number of hydrogen-bond acceptors (Lipinski definition) is 3. The van der Waals surface area contributed by atoms with Gasteiger partial charge in [0.2, 0.25) is 5.91 Å². The molecule has 0 saturated carbocycles. The third-order valence-corrected chi connectivity index (χ3v) is 7.87. The Balaban J connectivity index is 3.56. The van der Waals surface area contributed by atoms with Crippen LogP contribution in [-0.4, -0.2) is 34.9 Å². The largest absolute Gasteiger partial charge is 0.394 e. The zero-order valence-corrected chi connectivity index (χ0v) is 25.3. The van der Waals surface area contributed by atoms with Crippen LogP contribution in [0.4, 0.5) is 0 Å². The van der Waals surface area contributed by atoms with E-state index in [9.17, 15) is 15.0 Å². The molecule has 3 N–H and O–H groups in total. The Morgan fingerprint density at radius 3 is 1.22 bits per heavy atom. The molecule has 2 atom stereocenters. The average molecular weight is 526 g/mol. The van der Waals surface area contributed by atoms with Gasteiger partial charge in [0.25, 0.3) is 0 Å². The Kier molecular flexibility index (Phi) is 29.4. The molecule has 0 rings (SSSR count). The van der Waals surface area contributed by atoms with E-state index in [4.69, 9.17) is 0 Å². The molecule has 4 heteroatoms. The first kappa shape index (κ1) is 36.4. The summed E-state index contributed by atoms with van der Waals surface area (Å²) in [5.41, 5.74) is 0. The van der Waals surface area contributed by atoms with Crippen molar-refractivity contribution in [1.29, 1.82) is 0 Å². The lowest BCUT2D eigenvalue weighted by Crippen LogP contribution is -2.45. The van der Waals surface area contributed by atoms with E-state index >= 15 is 0 Å². The summed E-state index contributed by atoms with van der Waals surface area (Å²) in [5, 5.41) is 22.9. The van der Waals surface area contributed by atoms with Crippen LogP contribution < -0.4 is 5.32 Å². The number of aliphatic hydroxyl groups is 2. The van der Waals surface area contributed by atoms with Crippen LogP contribution in [0.2, 0.25) is 0 Å². The van der Waals surface area contributed by atoms with Crippen LogP contribution in [0.15, 0.2) is 0 Å². The van der Waals surface area contributed by atoms with Crippen molar-refractivity contribution in [2.24, 2.45) is 0 Å². The van der Waals surface area contributed by atoms with Crippen molar-refractivity contribution in [3.05, 3.63) is 0 Å². The highest BCUT2D eigenvalue weighted by atomic mass is 16.3. The topological polar surface area (TPSA) is 69.6 Å². The summed E-state index contributed by atoms with van der Waals surface area (Å²) < 4.78 is 0. The predicted molar refractivity (Wildman–Crippen MR) is 161 cm³/mol. The van der Waals surface area contributed by atoms with Gasteiger partial charge in [0.05, 0.1) is 18.8 Å². The second kappa shape index (κ2) is 29.9. The van der Waals surface area contributed by atoms with Crippen molar-refractivity contribution < 1.29 is 15.0 Å². The summed E-state index contributed by atoms with van der Waals surface area (Å²) >= 11 is 0. The third kappa shape index (κ3) is 26.8. The van der Waals surface area contributed by atoms with Gasteiger partial charge in [-0.05, 0) is 12.8 Å². The number of unbranched alkanes of at least 4 members (excludes halogenated alkanes) is 23. The van der Waals surface area contributed by atoms with Gasteiger partial charge in [0.15, 0.2) is 0 Å². The minimum atomic E-state index is -0.649. The summed E-state index contributed by atoms with van der Waals surface area (Å²) in [6, 6.07) is -0.526. The summed E-state index contributed by atoms with van der Waals surface area (Å²) in [6.45, 7) is 4.34. The normalized spacial score (nSPS) is 13.1. The molecule has 37 heavy (non-hydrogen) atoms. The van der Waals surface area contributed by atoms with Crippen molar-refractivity contribution in [1.82, 2.24) is 5.32 Å². The Labute approximate surface area is 232 Å². The molecule has 0 aliphatic carbocycles. The molecule has 0 aromatic rings. The summed E-state index contributed by atoms with van der Waals surface area (Å²) in [7, 11) is 0. The molecule has 0 radical (unpaired) electrons. The van der Waals surface area contributed by atoms with E-state index in [2.05, 4.69) is 19.2 Å². The molecule has 0 bridgehead atoms. The minimum Gasteiger partial charge on any atom is -0.394 e. The van der Waals surface area contributed by atoms with Crippen molar-refractivity contribution >= 4 is 5.91 Å². The number of nitrogens with one attached hydrogen (secondary N) is 1. The number of aliphatic hydroxyl groups excluding tert-OH is 2. The fourth-order valence-electron chi connectivity index (χ4n) is 5.24. The van der Waals surface area contributed by atoms with Gasteiger partial charge in [0.1, 0.15) is 0 Å². The van der Waals surface area contributed by atoms with Gasteiger partial charge in [-0.15, -0.1) is 0 Å². The van der Waals surface area contributed by atoms with Gasteiger partial charge < -0.3 is 15.5 Å². The van der Waals surface area contributed by atoms with E-state index in [0.29, 0.717) is 12.8 Å². The molecule has 0 aliphatic heterocycles. The van der Waals surface area contributed by atoms with Gasteiger partial charge in [-0.2, -0.15) is 0 Å². The van der Waals surface area contributed by atoms with Gasteiger partial charge >= 0.3 is 0 Å². The molecule has 1 amide bonds. The summed E-state index contributed by atoms with van der Waals surface area (Å²) in [4.78, 5) is 12.3. The molecule has 0 aromatic heterocycles. The van der Waals surface area contributed by atoms with Crippen LogP contribution in [-0.2, 0) is 4.79 Å². The highest BCUT2D eigenvalue weighted by Crippen LogP contribution is 2.15. The highest BCUT2D eigenvalue weighted by molar-refractivity contribution is 5.76. The second-order valence-electron chi connectivity index (χ2n) is 11.6. The number of carbonyl (C=O) groups excluding carboxylic acids is 1. The molecular weight excluding hydrogens is 458 g/mol. The predicted octanol–water partition coefficient (Wildman–Crippen LogP) is 9.40. The molecule has 0 saturated heterocycles. The molecule has 0 aromatic carbocycles. The van der Waals surface area contributed by atoms with Crippen LogP contribution in [0.5, 0.6) is 0 Å². The van der Waals surface area contributed by atoms with Gasteiger partial charge in [-0.3, -0.25) is 4.79 Å². The molecule has 0 spiro atoms. The first-order chi connectivity index (χ1) is 18.2. The van der Waals surface area contributed by atoms with E-state index in [-0.39, 0.29) is 12.5 Å². The van der Waals surface area contributed by atoms with Crippen molar-refractivity contribution in [3.63, 3.8) is 0 Å². The maximum absolute atomic E-state index is 12.3. The molecule has 4 nitrogen and oxygen atoms in total. The van der Waals surface area contributed by atoms with Crippen LogP contribution in [0.3, 0.4) is 0 Å². The Morgan fingerprint density at radius 2 is 0.865 bits per heavy atom. The SMILES string of the molecule is CCCCCCCCCCCCCCCC(=O)NC(CO)C(O)CCCCCCCCCCCCCC. The fraction of sp³-hybridized carbons (Fsp3) is 0.970. The third-order valence-electron chi connectivity index (χ3n) is 7.87. The van der Waals surface area contributed by atoms with E-state index in [0.717, 1.165) is 25.7 Å². The maximum atomic E-state index is 12.3. The summed E-state index contributed by atoms with van der Waals surface area (Å²) in [6.07, 6.45) is 32.9. The number of carbonyl (C=O) groups is 1. The molecule has 0 heterocycles. The monoisotopic (exact) mass is 526 g/mol. The molecule has 0 fully saturated rings. The van der Waals surface area contributed by atoms with Crippen LogP contribution in [0.1, 0.15) is 187 Å². The lowest BCUT2D eigenvalue weighted by molar-refractivity contribution is -0.123. The lowest BCUT2D eigenvalue weighted by atomic mass is 10.0. The Hall–Kier alpha value is -0.610. The average Bonchev–Trinajstić information content (AvgIpc) is 2.90. The number of amides is 1.